The van der Waals surface area contributed by atoms with Gasteiger partial charge >= 0.3 is 0 Å². The molecule has 0 saturated carbocycles. The van der Waals surface area contributed by atoms with Crippen LogP contribution in [0, 0.1) is 0 Å². The summed E-state index contributed by atoms with van der Waals surface area (Å²) in [4.78, 5) is 15.6. The Bertz CT molecular complexity index is 3530. The quantitative estimate of drug-likeness (QED) is 0.176. The third kappa shape index (κ3) is 4.87. The molecule has 0 bridgehead atoms. The lowest BCUT2D eigenvalue weighted by Gasteiger charge is -2.13. The van der Waals surface area contributed by atoms with Crippen molar-refractivity contribution in [2.75, 3.05) is 0 Å². The fourth-order valence-electron chi connectivity index (χ4n) is 8.54. The smallest absolute Gasteiger partial charge is 0.167 e. The Balaban J connectivity index is 1.14. The van der Waals surface area contributed by atoms with Gasteiger partial charge in [-0.15, -0.1) is 0 Å². The number of benzene rings is 8. The van der Waals surface area contributed by atoms with E-state index in [4.69, 9.17) is 23.8 Å². The minimum atomic E-state index is 0.544. The number of para-hydroxylation sites is 4. The van der Waals surface area contributed by atoms with Crippen molar-refractivity contribution in [1.82, 2.24) is 19.5 Å². The van der Waals surface area contributed by atoms with Crippen molar-refractivity contribution in [2.45, 2.75) is 0 Å². The van der Waals surface area contributed by atoms with Gasteiger partial charge in [-0.25, -0.2) is 15.0 Å². The molecule has 8 aromatic carbocycles. The first-order valence-corrected chi connectivity index (χ1v) is 19.0. The molecule has 0 saturated heterocycles. The number of hydrogen-bond acceptors (Lipinski definition) is 5. The molecule has 12 rings (SSSR count). The number of hydrogen-bond donors (Lipinski definition) is 0. The molecule has 0 unspecified atom stereocenters. The van der Waals surface area contributed by atoms with Crippen molar-refractivity contribution in [3.63, 3.8) is 0 Å². The van der Waals surface area contributed by atoms with E-state index in [1.807, 2.05) is 66.7 Å². The molecular formula is C51H30N4O2. The topological polar surface area (TPSA) is 69.9 Å². The van der Waals surface area contributed by atoms with Crippen molar-refractivity contribution in [2.24, 2.45) is 0 Å². The SMILES string of the molecule is c1ccc(-c2nc(-c3cccc4c3oc3ccccc34)nc(-c3cccc4c5ccccc5n(-c5ccc6oc7cccc(-c8ccccc8)c7c6c5)c34)n2)cc1. The summed E-state index contributed by atoms with van der Waals surface area (Å²) < 4.78 is 15.3. The maximum atomic E-state index is 6.50. The Kier molecular flexibility index (Phi) is 6.83. The van der Waals surface area contributed by atoms with Gasteiger partial charge < -0.3 is 13.4 Å². The molecule has 0 amide bonds. The van der Waals surface area contributed by atoms with E-state index in [-0.39, 0.29) is 0 Å². The van der Waals surface area contributed by atoms with Crippen molar-refractivity contribution in [1.29, 1.82) is 0 Å². The Morgan fingerprint density at radius 3 is 1.81 bits per heavy atom. The van der Waals surface area contributed by atoms with E-state index in [2.05, 4.69) is 120 Å². The van der Waals surface area contributed by atoms with Crippen LogP contribution in [-0.2, 0) is 0 Å². The van der Waals surface area contributed by atoms with Gasteiger partial charge in [0.25, 0.3) is 0 Å². The number of fused-ring (bicyclic) bond motifs is 9. The highest BCUT2D eigenvalue weighted by Crippen LogP contribution is 2.42. The molecule has 4 heterocycles. The zero-order valence-corrected chi connectivity index (χ0v) is 30.4. The maximum Gasteiger partial charge on any atom is 0.167 e. The molecule has 12 aromatic rings. The average Bonchev–Trinajstić information content (AvgIpc) is 3.96. The molecule has 0 aliphatic heterocycles. The van der Waals surface area contributed by atoms with Gasteiger partial charge in [-0.2, -0.15) is 0 Å². The highest BCUT2D eigenvalue weighted by atomic mass is 16.3. The van der Waals surface area contributed by atoms with Gasteiger partial charge in [0.1, 0.15) is 22.3 Å². The molecule has 6 nitrogen and oxygen atoms in total. The highest BCUT2D eigenvalue weighted by molar-refractivity contribution is 6.16. The second-order valence-corrected chi connectivity index (χ2v) is 14.3. The first-order valence-electron chi connectivity index (χ1n) is 19.0. The number of aromatic nitrogens is 4. The summed E-state index contributed by atoms with van der Waals surface area (Å²) in [6, 6.07) is 62.6. The standard InChI is InChI=1S/C51H30N4O2/c1-3-14-31(15-4-1)34-20-13-27-45-46(34)41-30-33(28-29-44(41)56-45)55-42-25-9-7-18-35(42)37-21-11-23-39(47(37)55)50-52-49(32-16-5-2-6-17-32)53-51(54-50)40-24-12-22-38-36-19-8-10-26-43(36)57-48(38)40/h1-30H. The number of nitrogens with zero attached hydrogens (tertiary/aromatic N) is 4. The summed E-state index contributed by atoms with van der Waals surface area (Å²) >= 11 is 0. The predicted octanol–water partition coefficient (Wildman–Crippen LogP) is 13.4. The zero-order valence-electron chi connectivity index (χ0n) is 30.4. The second kappa shape index (κ2) is 12.3. The molecule has 0 N–H and O–H groups in total. The fraction of sp³-hybridized carbons (Fsp3) is 0. The Morgan fingerprint density at radius 2 is 0.965 bits per heavy atom. The van der Waals surface area contributed by atoms with Crippen molar-refractivity contribution in [3.8, 4) is 51.0 Å². The second-order valence-electron chi connectivity index (χ2n) is 14.3. The zero-order chi connectivity index (χ0) is 37.5. The fourth-order valence-corrected chi connectivity index (χ4v) is 8.54. The van der Waals surface area contributed by atoms with Crippen molar-refractivity contribution in [3.05, 3.63) is 182 Å². The van der Waals surface area contributed by atoms with Gasteiger partial charge in [0.15, 0.2) is 17.5 Å². The van der Waals surface area contributed by atoms with Gasteiger partial charge in [0.05, 0.1) is 16.6 Å². The van der Waals surface area contributed by atoms with Crippen LogP contribution in [0.25, 0.3) is 117 Å². The van der Waals surface area contributed by atoms with E-state index in [0.717, 1.165) is 99.2 Å². The molecule has 266 valence electrons. The minimum absolute atomic E-state index is 0.544. The first kappa shape index (κ1) is 31.5. The summed E-state index contributed by atoms with van der Waals surface area (Å²) in [6.45, 7) is 0. The van der Waals surface area contributed by atoms with Crippen LogP contribution in [-0.4, -0.2) is 19.5 Å². The van der Waals surface area contributed by atoms with E-state index in [9.17, 15) is 0 Å². The van der Waals surface area contributed by atoms with E-state index in [0.29, 0.717) is 17.5 Å². The minimum Gasteiger partial charge on any atom is -0.456 e. The summed E-state index contributed by atoms with van der Waals surface area (Å²) in [6.07, 6.45) is 0. The Hall–Kier alpha value is -7.83. The third-order valence-corrected chi connectivity index (χ3v) is 11.1. The van der Waals surface area contributed by atoms with E-state index < -0.39 is 0 Å². The molecule has 0 aliphatic carbocycles. The van der Waals surface area contributed by atoms with Crippen LogP contribution in [0.4, 0.5) is 0 Å². The van der Waals surface area contributed by atoms with Crippen LogP contribution >= 0.6 is 0 Å². The molecule has 4 aromatic heterocycles. The largest absolute Gasteiger partial charge is 0.456 e. The summed E-state index contributed by atoms with van der Waals surface area (Å²) in [5.41, 5.74) is 11.3. The Morgan fingerprint density at radius 1 is 0.368 bits per heavy atom. The van der Waals surface area contributed by atoms with Crippen LogP contribution in [0.5, 0.6) is 0 Å². The summed E-state index contributed by atoms with van der Waals surface area (Å²) in [5, 5.41) is 6.47. The molecule has 57 heavy (non-hydrogen) atoms. The van der Waals surface area contributed by atoms with Crippen molar-refractivity contribution >= 4 is 65.7 Å². The van der Waals surface area contributed by atoms with Gasteiger partial charge in [0.2, 0.25) is 0 Å². The molecule has 6 heteroatoms. The predicted molar refractivity (Wildman–Crippen MR) is 230 cm³/mol. The molecule has 0 atom stereocenters. The Labute approximate surface area is 325 Å². The summed E-state index contributed by atoms with van der Waals surface area (Å²) in [7, 11) is 0. The summed E-state index contributed by atoms with van der Waals surface area (Å²) in [5.74, 6) is 1.70. The molecular weight excluding hydrogens is 701 g/mol. The van der Waals surface area contributed by atoms with Crippen LogP contribution in [0.15, 0.2) is 191 Å². The van der Waals surface area contributed by atoms with Crippen LogP contribution in [0.3, 0.4) is 0 Å². The lowest BCUT2D eigenvalue weighted by atomic mass is 9.99. The van der Waals surface area contributed by atoms with E-state index >= 15 is 0 Å². The molecule has 0 fully saturated rings. The van der Waals surface area contributed by atoms with Gasteiger partial charge in [-0.1, -0.05) is 133 Å². The first-order chi connectivity index (χ1) is 28.3. The molecule has 0 spiro atoms. The number of rotatable bonds is 5. The normalized spacial score (nSPS) is 11.9. The maximum absolute atomic E-state index is 6.50. The van der Waals surface area contributed by atoms with Gasteiger partial charge in [-0.3, -0.25) is 0 Å². The third-order valence-electron chi connectivity index (χ3n) is 11.1. The van der Waals surface area contributed by atoms with E-state index in [1.54, 1.807) is 0 Å². The van der Waals surface area contributed by atoms with Crippen LogP contribution < -0.4 is 0 Å². The van der Waals surface area contributed by atoms with Crippen molar-refractivity contribution < 1.29 is 8.83 Å². The lowest BCUT2D eigenvalue weighted by Crippen LogP contribution is -2.02. The van der Waals surface area contributed by atoms with Gasteiger partial charge in [-0.05, 0) is 59.7 Å². The van der Waals surface area contributed by atoms with Gasteiger partial charge in [0, 0.05) is 49.1 Å². The molecule has 0 radical (unpaired) electrons. The average molecular weight is 731 g/mol. The number of furan rings is 2. The van der Waals surface area contributed by atoms with Crippen LogP contribution in [0.2, 0.25) is 0 Å². The monoisotopic (exact) mass is 730 g/mol. The van der Waals surface area contributed by atoms with Crippen LogP contribution in [0.1, 0.15) is 0 Å². The molecule has 0 aliphatic rings. The highest BCUT2D eigenvalue weighted by Gasteiger charge is 2.22. The lowest BCUT2D eigenvalue weighted by molar-refractivity contribution is 0.668. The van der Waals surface area contributed by atoms with E-state index in [1.165, 1.54) is 0 Å².